The van der Waals surface area contributed by atoms with E-state index in [1.165, 1.54) is 0 Å². The van der Waals surface area contributed by atoms with Gasteiger partial charge in [0.1, 0.15) is 6.10 Å². The minimum Gasteiger partial charge on any atom is -0.375 e. The fourth-order valence-electron chi connectivity index (χ4n) is 2.09. The smallest absolute Gasteiger partial charge is 0.251 e. The molecule has 1 fully saturated rings. The van der Waals surface area contributed by atoms with Crippen molar-refractivity contribution in [2.45, 2.75) is 19.1 Å². The number of nitrogens with zero attached hydrogens (tertiary/aromatic N) is 1. The number of hydrogen-bond donors (Lipinski definition) is 0. The van der Waals surface area contributed by atoms with Crippen LogP contribution in [-0.2, 0) is 20.9 Å². The summed E-state index contributed by atoms with van der Waals surface area (Å²) in [5.74, 6) is 0.0841. The SMILES string of the molecule is CO[C@@H]1CCN(CCOCc2ccccc2)C1=O. The molecule has 0 aliphatic carbocycles. The first-order valence-electron chi connectivity index (χ1n) is 6.24. The molecule has 1 aromatic rings. The molecule has 0 radical (unpaired) electrons. The highest BCUT2D eigenvalue weighted by molar-refractivity contribution is 5.82. The molecule has 0 N–H and O–H groups in total. The number of amides is 1. The first-order chi connectivity index (χ1) is 8.81. The zero-order chi connectivity index (χ0) is 12.8. The predicted octanol–water partition coefficient (Wildman–Crippen LogP) is 1.45. The molecule has 4 heteroatoms. The molecule has 0 bridgehead atoms. The van der Waals surface area contributed by atoms with Crippen molar-refractivity contribution in [2.24, 2.45) is 0 Å². The van der Waals surface area contributed by atoms with Crippen molar-refractivity contribution < 1.29 is 14.3 Å². The highest BCUT2D eigenvalue weighted by atomic mass is 16.5. The van der Waals surface area contributed by atoms with Gasteiger partial charge in [0.2, 0.25) is 0 Å². The molecule has 0 aromatic heterocycles. The number of likely N-dealkylation sites (tertiary alicyclic amines) is 1. The maximum atomic E-state index is 11.7. The summed E-state index contributed by atoms with van der Waals surface area (Å²) in [5.41, 5.74) is 1.15. The Labute approximate surface area is 107 Å². The van der Waals surface area contributed by atoms with Gasteiger partial charge in [-0.25, -0.2) is 0 Å². The average Bonchev–Trinajstić information content (AvgIpc) is 2.77. The maximum Gasteiger partial charge on any atom is 0.251 e. The molecule has 1 aliphatic heterocycles. The summed E-state index contributed by atoms with van der Waals surface area (Å²) in [5, 5.41) is 0. The number of carbonyl (C=O) groups excluding carboxylic acids is 1. The zero-order valence-corrected chi connectivity index (χ0v) is 10.7. The highest BCUT2D eigenvalue weighted by Gasteiger charge is 2.30. The van der Waals surface area contributed by atoms with Gasteiger partial charge in [-0.1, -0.05) is 30.3 Å². The van der Waals surface area contributed by atoms with Crippen LogP contribution >= 0.6 is 0 Å². The van der Waals surface area contributed by atoms with Crippen molar-refractivity contribution in [3.05, 3.63) is 35.9 Å². The number of rotatable bonds is 6. The van der Waals surface area contributed by atoms with E-state index in [1.54, 1.807) is 12.0 Å². The van der Waals surface area contributed by atoms with Crippen molar-refractivity contribution in [1.82, 2.24) is 4.90 Å². The van der Waals surface area contributed by atoms with Crippen LogP contribution in [0.1, 0.15) is 12.0 Å². The molecule has 98 valence electrons. The van der Waals surface area contributed by atoms with E-state index in [0.717, 1.165) is 18.5 Å². The number of hydrogen-bond acceptors (Lipinski definition) is 3. The van der Waals surface area contributed by atoms with Gasteiger partial charge < -0.3 is 14.4 Å². The minimum absolute atomic E-state index is 0.0841. The summed E-state index contributed by atoms with van der Waals surface area (Å²) in [6.07, 6.45) is 0.535. The molecular formula is C14H19NO3. The fourth-order valence-corrected chi connectivity index (χ4v) is 2.09. The lowest BCUT2D eigenvalue weighted by atomic mass is 10.2. The van der Waals surface area contributed by atoms with Crippen LogP contribution in [0.3, 0.4) is 0 Å². The van der Waals surface area contributed by atoms with Crippen LogP contribution in [0.25, 0.3) is 0 Å². The molecule has 1 heterocycles. The Hall–Kier alpha value is -1.39. The Kier molecular flexibility index (Phi) is 4.73. The summed E-state index contributed by atoms with van der Waals surface area (Å²) in [4.78, 5) is 13.6. The van der Waals surface area contributed by atoms with Gasteiger partial charge >= 0.3 is 0 Å². The summed E-state index contributed by atoms with van der Waals surface area (Å²) < 4.78 is 10.7. The van der Waals surface area contributed by atoms with Gasteiger partial charge in [-0.15, -0.1) is 0 Å². The lowest BCUT2D eigenvalue weighted by Gasteiger charge is -2.16. The van der Waals surface area contributed by atoms with E-state index < -0.39 is 0 Å². The molecule has 1 atom stereocenters. The Morgan fingerprint density at radius 1 is 1.33 bits per heavy atom. The van der Waals surface area contributed by atoms with Crippen molar-refractivity contribution in [3.63, 3.8) is 0 Å². The fraction of sp³-hybridized carbons (Fsp3) is 0.500. The highest BCUT2D eigenvalue weighted by Crippen LogP contribution is 2.13. The molecule has 1 saturated heterocycles. The van der Waals surface area contributed by atoms with Crippen LogP contribution in [0.2, 0.25) is 0 Å². The topological polar surface area (TPSA) is 38.8 Å². The van der Waals surface area contributed by atoms with Crippen molar-refractivity contribution in [1.29, 1.82) is 0 Å². The monoisotopic (exact) mass is 249 g/mol. The predicted molar refractivity (Wildman–Crippen MR) is 68.1 cm³/mol. The molecule has 2 rings (SSSR count). The lowest BCUT2D eigenvalue weighted by Crippen LogP contribution is -2.32. The van der Waals surface area contributed by atoms with E-state index in [0.29, 0.717) is 19.8 Å². The Morgan fingerprint density at radius 3 is 2.78 bits per heavy atom. The summed E-state index contributed by atoms with van der Waals surface area (Å²) in [6, 6.07) is 10.0. The average molecular weight is 249 g/mol. The van der Waals surface area contributed by atoms with Crippen LogP contribution in [0.5, 0.6) is 0 Å². The summed E-state index contributed by atoms with van der Waals surface area (Å²) >= 11 is 0. The van der Waals surface area contributed by atoms with E-state index in [2.05, 4.69) is 0 Å². The van der Waals surface area contributed by atoms with Gasteiger partial charge in [0.15, 0.2) is 0 Å². The standard InChI is InChI=1S/C14H19NO3/c1-17-13-7-8-15(14(13)16)9-10-18-11-12-5-3-2-4-6-12/h2-6,13H,7-11H2,1H3/t13-/m1/s1. The van der Waals surface area contributed by atoms with Crippen molar-refractivity contribution in [3.8, 4) is 0 Å². The second-order valence-corrected chi connectivity index (χ2v) is 4.38. The molecule has 18 heavy (non-hydrogen) atoms. The third-order valence-corrected chi connectivity index (χ3v) is 3.15. The molecule has 0 spiro atoms. The Morgan fingerprint density at radius 2 is 2.11 bits per heavy atom. The van der Waals surface area contributed by atoms with Gasteiger partial charge in [-0.2, -0.15) is 0 Å². The lowest BCUT2D eigenvalue weighted by molar-refractivity contribution is -0.136. The number of ether oxygens (including phenoxy) is 2. The van der Waals surface area contributed by atoms with E-state index >= 15 is 0 Å². The third kappa shape index (κ3) is 3.31. The molecule has 0 saturated carbocycles. The van der Waals surface area contributed by atoms with Crippen LogP contribution < -0.4 is 0 Å². The molecule has 1 amide bonds. The molecular weight excluding hydrogens is 230 g/mol. The van der Waals surface area contributed by atoms with Crippen molar-refractivity contribution in [2.75, 3.05) is 26.8 Å². The largest absolute Gasteiger partial charge is 0.375 e. The van der Waals surface area contributed by atoms with E-state index in [4.69, 9.17) is 9.47 Å². The van der Waals surface area contributed by atoms with Crippen LogP contribution in [0, 0.1) is 0 Å². The third-order valence-electron chi connectivity index (χ3n) is 3.15. The molecule has 1 aromatic carbocycles. The van der Waals surface area contributed by atoms with Crippen molar-refractivity contribution >= 4 is 5.91 Å². The molecule has 4 nitrogen and oxygen atoms in total. The zero-order valence-electron chi connectivity index (χ0n) is 10.7. The second kappa shape index (κ2) is 6.52. The van der Waals surface area contributed by atoms with Crippen LogP contribution in [0.15, 0.2) is 30.3 Å². The van der Waals surface area contributed by atoms with Gasteiger partial charge in [0.25, 0.3) is 5.91 Å². The Bertz CT molecular complexity index is 380. The van der Waals surface area contributed by atoms with Crippen LogP contribution in [0.4, 0.5) is 0 Å². The Balaban J connectivity index is 1.66. The number of methoxy groups -OCH3 is 1. The van der Waals surface area contributed by atoms with Gasteiger partial charge in [0, 0.05) is 26.6 Å². The van der Waals surface area contributed by atoms with Crippen LogP contribution in [-0.4, -0.2) is 43.7 Å². The first-order valence-corrected chi connectivity index (χ1v) is 6.24. The molecule has 0 unspecified atom stereocenters. The van der Waals surface area contributed by atoms with Gasteiger partial charge in [-0.05, 0) is 5.56 Å². The minimum atomic E-state index is -0.251. The molecule has 1 aliphatic rings. The maximum absolute atomic E-state index is 11.7. The first kappa shape index (κ1) is 13.1. The number of carbonyl (C=O) groups is 1. The summed E-state index contributed by atoms with van der Waals surface area (Å²) in [6.45, 7) is 2.57. The van der Waals surface area contributed by atoms with E-state index in [-0.39, 0.29) is 12.0 Å². The van der Waals surface area contributed by atoms with Gasteiger partial charge in [-0.3, -0.25) is 4.79 Å². The summed E-state index contributed by atoms with van der Waals surface area (Å²) in [7, 11) is 1.58. The normalized spacial score (nSPS) is 19.5. The van der Waals surface area contributed by atoms with Gasteiger partial charge in [0.05, 0.1) is 13.2 Å². The second-order valence-electron chi connectivity index (χ2n) is 4.38. The van der Waals surface area contributed by atoms with E-state index in [9.17, 15) is 4.79 Å². The number of benzene rings is 1. The quantitative estimate of drug-likeness (QED) is 0.716. The van der Waals surface area contributed by atoms with E-state index in [1.807, 2.05) is 30.3 Å².